The number of aliphatic imine (C=N–C) groups is 2. The molecule has 230 valence electrons. The highest BCUT2D eigenvalue weighted by Gasteiger charge is 2.28. The maximum Gasteiger partial charge on any atom is 0.160 e. The smallest absolute Gasteiger partial charge is 0.160 e. The first-order valence-corrected chi connectivity index (χ1v) is 16.6. The van der Waals surface area contributed by atoms with Crippen molar-refractivity contribution in [2.75, 3.05) is 0 Å². The van der Waals surface area contributed by atoms with Gasteiger partial charge < -0.3 is 9.73 Å². The minimum atomic E-state index is -0.459. The number of nitrogens with zero attached hydrogens (tertiary/aromatic N) is 2. The number of para-hydroxylation sites is 1. The monoisotopic (exact) mass is 627 g/mol. The fraction of sp³-hybridized carbons (Fsp3) is 0.0222. The number of nitrogens with one attached hydrogen (secondary N) is 1. The van der Waals surface area contributed by atoms with Crippen LogP contribution in [0.5, 0.6) is 0 Å². The van der Waals surface area contributed by atoms with Crippen molar-refractivity contribution in [1.82, 2.24) is 5.32 Å². The van der Waals surface area contributed by atoms with Gasteiger partial charge >= 0.3 is 0 Å². The second kappa shape index (κ2) is 11.0. The lowest BCUT2D eigenvalue weighted by Gasteiger charge is -2.26. The van der Waals surface area contributed by atoms with Crippen molar-refractivity contribution in [1.29, 1.82) is 0 Å². The molecule has 0 amide bonds. The van der Waals surface area contributed by atoms with Crippen LogP contribution >= 0.6 is 0 Å². The lowest BCUT2D eigenvalue weighted by Crippen LogP contribution is -2.34. The van der Waals surface area contributed by atoms with Gasteiger partial charge in [-0.25, -0.2) is 9.98 Å². The first-order valence-electron chi connectivity index (χ1n) is 16.6. The minimum absolute atomic E-state index is 0.459. The van der Waals surface area contributed by atoms with E-state index >= 15 is 0 Å². The number of rotatable bonds is 4. The molecular formula is C45H29N3O. The molecule has 4 nitrogen and oxygen atoms in total. The van der Waals surface area contributed by atoms with Crippen molar-refractivity contribution in [3.05, 3.63) is 180 Å². The average Bonchev–Trinajstić information content (AvgIpc) is 3.56. The molecule has 1 aliphatic heterocycles. The summed E-state index contributed by atoms with van der Waals surface area (Å²) in [6.45, 7) is 0. The van der Waals surface area contributed by atoms with E-state index in [4.69, 9.17) is 14.4 Å². The summed E-state index contributed by atoms with van der Waals surface area (Å²) in [6.07, 6.45) is -0.459. The molecule has 1 aliphatic rings. The number of fused-ring (bicyclic) bond motifs is 7. The van der Waals surface area contributed by atoms with Gasteiger partial charge in [0, 0.05) is 27.5 Å². The van der Waals surface area contributed by atoms with Crippen LogP contribution in [0.3, 0.4) is 0 Å². The van der Waals surface area contributed by atoms with Crippen LogP contribution in [0.4, 0.5) is 0 Å². The van der Waals surface area contributed by atoms with Gasteiger partial charge in [0.15, 0.2) is 5.84 Å². The third-order valence-electron chi connectivity index (χ3n) is 9.72. The second-order valence-corrected chi connectivity index (χ2v) is 12.6. The lowest BCUT2D eigenvalue weighted by molar-refractivity contribution is 0.663. The number of benzene rings is 8. The Morgan fingerprint density at radius 3 is 2.02 bits per heavy atom. The third-order valence-corrected chi connectivity index (χ3v) is 9.72. The molecule has 2 heterocycles. The molecule has 0 radical (unpaired) electrons. The molecule has 0 spiro atoms. The highest BCUT2D eigenvalue weighted by Crippen LogP contribution is 2.42. The highest BCUT2D eigenvalue weighted by atomic mass is 16.3. The van der Waals surface area contributed by atoms with Crippen LogP contribution in [0, 0.1) is 0 Å². The van der Waals surface area contributed by atoms with Crippen LogP contribution in [0.15, 0.2) is 178 Å². The van der Waals surface area contributed by atoms with Gasteiger partial charge in [0.2, 0.25) is 0 Å². The Bertz CT molecular complexity index is 2810. The van der Waals surface area contributed by atoms with E-state index in [1.54, 1.807) is 0 Å². The van der Waals surface area contributed by atoms with E-state index in [1.165, 1.54) is 16.2 Å². The van der Waals surface area contributed by atoms with E-state index in [-0.39, 0.29) is 0 Å². The second-order valence-electron chi connectivity index (χ2n) is 12.6. The Hall–Kier alpha value is -6.52. The van der Waals surface area contributed by atoms with Crippen molar-refractivity contribution in [3.8, 4) is 11.1 Å². The standard InChI is InChI=1S/C45H29N3O/c1-2-13-29(14-3-1)34-24-25-40-41(37-20-10-11-21-39(37)49-40)42(34)45-47-43(32-23-22-28-12-4-5-15-30(28)26-32)46-44(48-45)38-27-31-16-6-7-17-33(31)35-18-8-9-19-36(35)38/h1-27,45H,(H,46,47,48). The van der Waals surface area contributed by atoms with E-state index in [0.29, 0.717) is 5.84 Å². The molecule has 0 aliphatic carbocycles. The van der Waals surface area contributed by atoms with Crippen LogP contribution in [-0.4, -0.2) is 11.7 Å². The van der Waals surface area contributed by atoms with Gasteiger partial charge in [-0.05, 0) is 67.7 Å². The molecule has 1 aromatic heterocycles. The molecule has 0 bridgehead atoms. The van der Waals surface area contributed by atoms with Gasteiger partial charge in [0.05, 0.1) is 0 Å². The molecule has 4 heteroatoms. The summed E-state index contributed by atoms with van der Waals surface area (Å²) >= 11 is 0. The molecule has 10 rings (SSSR count). The summed E-state index contributed by atoms with van der Waals surface area (Å²) in [4.78, 5) is 10.8. The van der Waals surface area contributed by atoms with Crippen LogP contribution in [0.1, 0.15) is 22.9 Å². The number of hydrogen-bond acceptors (Lipinski definition) is 4. The minimum Gasteiger partial charge on any atom is -0.456 e. The molecule has 1 N–H and O–H groups in total. The summed E-state index contributed by atoms with van der Waals surface area (Å²) in [5.74, 6) is 1.47. The first-order chi connectivity index (χ1) is 24.3. The van der Waals surface area contributed by atoms with Gasteiger partial charge in [0.1, 0.15) is 23.2 Å². The van der Waals surface area contributed by atoms with Crippen molar-refractivity contribution in [2.24, 2.45) is 9.98 Å². The number of furan rings is 1. The molecule has 0 saturated heterocycles. The van der Waals surface area contributed by atoms with E-state index in [1.807, 2.05) is 12.1 Å². The van der Waals surface area contributed by atoms with Crippen molar-refractivity contribution < 1.29 is 4.42 Å². The zero-order chi connectivity index (χ0) is 32.3. The summed E-state index contributed by atoms with van der Waals surface area (Å²) in [7, 11) is 0. The molecule has 49 heavy (non-hydrogen) atoms. The fourth-order valence-electron chi connectivity index (χ4n) is 7.44. The SMILES string of the molecule is c1ccc(-c2ccc3oc4ccccc4c3c2C2N=C(c3cc4ccccc4c4ccccc34)N=C(c3ccc4ccccc4c3)N2)cc1. The van der Waals surface area contributed by atoms with Gasteiger partial charge in [-0.3, -0.25) is 0 Å². The molecule has 1 atom stereocenters. The molecular weight excluding hydrogens is 599 g/mol. The van der Waals surface area contributed by atoms with Crippen molar-refractivity contribution in [3.63, 3.8) is 0 Å². The van der Waals surface area contributed by atoms with Gasteiger partial charge in [-0.1, -0.05) is 140 Å². The first kappa shape index (κ1) is 27.6. The Morgan fingerprint density at radius 2 is 1.16 bits per heavy atom. The number of hydrogen-bond donors (Lipinski definition) is 1. The zero-order valence-corrected chi connectivity index (χ0v) is 26.5. The molecule has 9 aromatic rings. The topological polar surface area (TPSA) is 49.9 Å². The van der Waals surface area contributed by atoms with Crippen LogP contribution < -0.4 is 5.32 Å². The van der Waals surface area contributed by atoms with Gasteiger partial charge in [-0.2, -0.15) is 0 Å². The predicted octanol–water partition coefficient (Wildman–Crippen LogP) is 11.2. The Kier molecular flexibility index (Phi) is 6.21. The quantitative estimate of drug-likeness (QED) is 0.197. The average molecular weight is 628 g/mol. The van der Waals surface area contributed by atoms with E-state index in [0.717, 1.165) is 71.8 Å². The Morgan fingerprint density at radius 1 is 0.469 bits per heavy atom. The predicted molar refractivity (Wildman–Crippen MR) is 204 cm³/mol. The molecule has 0 saturated carbocycles. The van der Waals surface area contributed by atoms with Crippen molar-refractivity contribution in [2.45, 2.75) is 6.17 Å². The lowest BCUT2D eigenvalue weighted by atomic mass is 9.92. The normalized spacial score (nSPS) is 14.7. The maximum absolute atomic E-state index is 6.45. The van der Waals surface area contributed by atoms with Gasteiger partial charge in [-0.15, -0.1) is 0 Å². The molecule has 8 aromatic carbocycles. The maximum atomic E-state index is 6.45. The van der Waals surface area contributed by atoms with Crippen molar-refractivity contribution >= 4 is 65.9 Å². The Balaban J connectivity index is 1.28. The summed E-state index contributed by atoms with van der Waals surface area (Å²) in [6, 6.07) is 57.4. The van der Waals surface area contributed by atoms with Crippen LogP contribution in [-0.2, 0) is 0 Å². The number of amidine groups is 2. The van der Waals surface area contributed by atoms with E-state index < -0.39 is 6.17 Å². The van der Waals surface area contributed by atoms with E-state index in [9.17, 15) is 0 Å². The fourth-order valence-corrected chi connectivity index (χ4v) is 7.44. The Labute approximate surface area is 282 Å². The largest absolute Gasteiger partial charge is 0.456 e. The summed E-state index contributed by atoms with van der Waals surface area (Å²) < 4.78 is 6.45. The summed E-state index contributed by atoms with van der Waals surface area (Å²) in [5, 5.41) is 13.0. The third kappa shape index (κ3) is 4.53. The van der Waals surface area contributed by atoms with Gasteiger partial charge in [0.25, 0.3) is 0 Å². The molecule has 0 fully saturated rings. The molecule has 1 unspecified atom stereocenters. The summed E-state index contributed by atoms with van der Waals surface area (Å²) in [5.41, 5.74) is 6.98. The zero-order valence-electron chi connectivity index (χ0n) is 26.5. The highest BCUT2D eigenvalue weighted by molar-refractivity contribution is 6.22. The van der Waals surface area contributed by atoms with Crippen LogP contribution in [0.25, 0.3) is 65.4 Å². The van der Waals surface area contributed by atoms with E-state index in [2.05, 4.69) is 157 Å². The van der Waals surface area contributed by atoms with Crippen LogP contribution in [0.2, 0.25) is 0 Å².